The number of hydrogen-bond donors (Lipinski definition) is 2. The van der Waals surface area contributed by atoms with Crippen molar-refractivity contribution in [1.82, 2.24) is 15.1 Å². The van der Waals surface area contributed by atoms with Crippen molar-refractivity contribution in [1.29, 1.82) is 0 Å². The summed E-state index contributed by atoms with van der Waals surface area (Å²) >= 11 is 5.94. The van der Waals surface area contributed by atoms with E-state index >= 15 is 0 Å². The van der Waals surface area contributed by atoms with Gasteiger partial charge in [-0.1, -0.05) is 49.7 Å². The number of carbonyl (C=O) groups excluding carboxylic acids is 3. The summed E-state index contributed by atoms with van der Waals surface area (Å²) in [6, 6.07) is 12.6. The Morgan fingerprint density at radius 2 is 1.79 bits per heavy atom. The van der Waals surface area contributed by atoms with Crippen LogP contribution in [0.1, 0.15) is 62.0 Å². The van der Waals surface area contributed by atoms with Crippen molar-refractivity contribution in [2.24, 2.45) is 0 Å². The average Bonchev–Trinajstić information content (AvgIpc) is 2.90. The lowest BCUT2D eigenvalue weighted by Crippen LogP contribution is -2.66. The van der Waals surface area contributed by atoms with Crippen molar-refractivity contribution in [3.63, 3.8) is 0 Å². The number of amides is 2. The lowest BCUT2D eigenvalue weighted by molar-refractivity contribution is -0.155. The molecule has 0 radical (unpaired) electrons. The van der Waals surface area contributed by atoms with E-state index in [9.17, 15) is 23.6 Å². The molecule has 1 aliphatic heterocycles. The summed E-state index contributed by atoms with van der Waals surface area (Å²) in [5, 5.41) is 9.38. The second-order valence-electron chi connectivity index (χ2n) is 11.8. The Morgan fingerprint density at radius 3 is 2.42 bits per heavy atom. The highest BCUT2D eigenvalue weighted by Gasteiger charge is 2.52. The minimum absolute atomic E-state index is 0.0154. The minimum Gasteiger partial charge on any atom is -0.459 e. The Kier molecular flexibility index (Phi) is 8.96. The lowest BCUT2D eigenvalue weighted by Gasteiger charge is -2.50. The molecule has 0 aliphatic carbocycles. The van der Waals surface area contributed by atoms with Gasteiger partial charge < -0.3 is 20.3 Å². The highest BCUT2D eigenvalue weighted by atomic mass is 35.5. The van der Waals surface area contributed by atoms with Gasteiger partial charge in [0, 0.05) is 26.2 Å². The average molecular weight is 612 g/mol. The third kappa shape index (κ3) is 6.72. The molecule has 1 fully saturated rings. The van der Waals surface area contributed by atoms with E-state index in [1.807, 2.05) is 43.0 Å². The molecule has 1 aliphatic rings. The number of nitrogens with one attached hydrogen (secondary N) is 2. The number of nitrogens with zero attached hydrogens (tertiary/aromatic N) is 3. The molecule has 10 nitrogen and oxygen atoms in total. The van der Waals surface area contributed by atoms with Crippen molar-refractivity contribution in [2.45, 2.75) is 58.1 Å². The van der Waals surface area contributed by atoms with Crippen LogP contribution >= 0.6 is 11.6 Å². The van der Waals surface area contributed by atoms with Gasteiger partial charge in [0.25, 0.3) is 11.5 Å². The Bertz CT molecular complexity index is 1630. The van der Waals surface area contributed by atoms with Crippen LogP contribution in [-0.2, 0) is 26.3 Å². The van der Waals surface area contributed by atoms with Gasteiger partial charge in [-0.05, 0) is 56.0 Å². The predicted molar refractivity (Wildman–Crippen MR) is 162 cm³/mol. The Balaban J connectivity index is 1.70. The fourth-order valence-electron chi connectivity index (χ4n) is 5.07. The van der Waals surface area contributed by atoms with Crippen LogP contribution < -0.4 is 21.1 Å². The van der Waals surface area contributed by atoms with Gasteiger partial charge in [0.15, 0.2) is 0 Å². The zero-order valence-electron chi connectivity index (χ0n) is 25.0. The molecule has 1 saturated heterocycles. The molecule has 2 N–H and O–H groups in total. The number of rotatable bonds is 8. The van der Waals surface area contributed by atoms with E-state index in [2.05, 4.69) is 15.7 Å². The highest BCUT2D eigenvalue weighted by molar-refractivity contribution is 6.31. The van der Waals surface area contributed by atoms with Crippen LogP contribution in [0.4, 0.5) is 15.9 Å². The molecule has 0 bridgehead atoms. The van der Waals surface area contributed by atoms with Gasteiger partial charge in [0.2, 0.25) is 5.91 Å². The molecule has 0 atom stereocenters. The first kappa shape index (κ1) is 31.7. The van der Waals surface area contributed by atoms with Gasteiger partial charge in [0.1, 0.15) is 29.2 Å². The summed E-state index contributed by atoms with van der Waals surface area (Å²) in [6.07, 6.45) is 0. The molecule has 4 rings (SSSR count). The maximum absolute atomic E-state index is 14.5. The molecule has 12 heteroatoms. The summed E-state index contributed by atoms with van der Waals surface area (Å²) < 4.78 is 20.9. The number of benzene rings is 2. The molecular formula is C31H35ClFN5O5. The van der Waals surface area contributed by atoms with Gasteiger partial charge in [-0.2, -0.15) is 5.10 Å². The smallest absolute Gasteiger partial charge is 0.328 e. The highest BCUT2D eigenvalue weighted by Crippen LogP contribution is 2.41. The maximum atomic E-state index is 14.5. The summed E-state index contributed by atoms with van der Waals surface area (Å²) in [6.45, 7) is 9.18. The van der Waals surface area contributed by atoms with E-state index < -0.39 is 40.2 Å². The van der Waals surface area contributed by atoms with Crippen LogP contribution in [-0.4, -0.2) is 53.3 Å². The third-order valence-corrected chi connectivity index (χ3v) is 7.40. The maximum Gasteiger partial charge on any atom is 0.328 e. The van der Waals surface area contributed by atoms with Crippen LogP contribution in [0, 0.1) is 5.82 Å². The zero-order valence-corrected chi connectivity index (χ0v) is 25.7. The van der Waals surface area contributed by atoms with Gasteiger partial charge in [-0.25, -0.2) is 9.07 Å². The van der Waals surface area contributed by atoms with Gasteiger partial charge >= 0.3 is 5.97 Å². The van der Waals surface area contributed by atoms with Crippen molar-refractivity contribution in [3.8, 4) is 0 Å². The van der Waals surface area contributed by atoms with Crippen LogP contribution in [0.2, 0.25) is 5.02 Å². The predicted octanol–water partition coefficient (Wildman–Crippen LogP) is 4.26. The van der Waals surface area contributed by atoms with Gasteiger partial charge in [-0.3, -0.25) is 19.2 Å². The van der Waals surface area contributed by atoms with E-state index in [0.29, 0.717) is 5.82 Å². The molecule has 0 spiro atoms. The third-order valence-electron chi connectivity index (χ3n) is 7.11. The molecule has 2 aromatic carbocycles. The SMILES string of the molecule is CNC(=O)c1cc(Cl)c(F)cc1NC(=O)C1(c2ccccc2C(C)C)CN(c2ccc(=O)n(CC(=O)OC(C)(C)C)n2)C1. The fraction of sp³-hybridized carbons (Fsp3) is 0.387. The van der Waals surface area contributed by atoms with Gasteiger partial charge in [0.05, 0.1) is 16.3 Å². The number of anilines is 2. The van der Waals surface area contributed by atoms with Crippen molar-refractivity contribution < 1.29 is 23.5 Å². The lowest BCUT2D eigenvalue weighted by atomic mass is 9.69. The molecule has 1 aromatic heterocycles. The molecule has 0 saturated carbocycles. The Morgan fingerprint density at radius 1 is 1.12 bits per heavy atom. The largest absolute Gasteiger partial charge is 0.459 e. The summed E-state index contributed by atoms with van der Waals surface area (Å²) in [5.74, 6) is -1.92. The summed E-state index contributed by atoms with van der Waals surface area (Å²) in [5.41, 5.74) is -0.597. The molecule has 228 valence electrons. The Labute approximate surface area is 254 Å². The first-order valence-electron chi connectivity index (χ1n) is 13.8. The van der Waals surface area contributed by atoms with Crippen molar-refractivity contribution in [3.05, 3.63) is 86.4 Å². The van der Waals surface area contributed by atoms with Crippen molar-refractivity contribution >= 4 is 40.9 Å². The minimum atomic E-state index is -1.12. The standard InChI is InChI=1S/C31H35ClFN5O5/c1-18(2)19-9-7-8-10-21(19)31(29(42)35-24-14-23(33)22(32)13-20(24)28(41)34-6)16-37(17-31)25-11-12-26(39)38(36-25)15-27(40)43-30(3,4)5/h7-14,18H,15-17H2,1-6H3,(H,34,41)(H,35,42). The van der Waals surface area contributed by atoms with Crippen molar-refractivity contribution in [2.75, 3.05) is 30.4 Å². The first-order chi connectivity index (χ1) is 20.1. The first-order valence-corrected chi connectivity index (χ1v) is 14.2. The summed E-state index contributed by atoms with van der Waals surface area (Å²) in [4.78, 5) is 53.4. The van der Waals surface area contributed by atoms with Crippen LogP contribution in [0.15, 0.2) is 53.3 Å². The van der Waals surface area contributed by atoms with Crippen LogP contribution in [0.25, 0.3) is 0 Å². The van der Waals surface area contributed by atoms with E-state index in [4.69, 9.17) is 16.3 Å². The van der Waals surface area contributed by atoms with Gasteiger partial charge in [-0.15, -0.1) is 0 Å². The fourth-order valence-corrected chi connectivity index (χ4v) is 5.23. The second kappa shape index (κ2) is 12.2. The number of halogens is 2. The van der Waals surface area contributed by atoms with Crippen LogP contribution in [0.5, 0.6) is 0 Å². The molecule has 43 heavy (non-hydrogen) atoms. The number of carbonyl (C=O) groups is 3. The van der Waals surface area contributed by atoms with Crippen LogP contribution in [0.3, 0.4) is 0 Å². The summed E-state index contributed by atoms with van der Waals surface area (Å²) in [7, 11) is 1.42. The number of hydrogen-bond acceptors (Lipinski definition) is 7. The second-order valence-corrected chi connectivity index (χ2v) is 12.2. The monoisotopic (exact) mass is 611 g/mol. The molecule has 0 unspecified atom stereocenters. The quantitative estimate of drug-likeness (QED) is 0.365. The zero-order chi connectivity index (χ0) is 31.7. The topological polar surface area (TPSA) is 123 Å². The van der Waals surface area contributed by atoms with E-state index in [-0.39, 0.29) is 41.8 Å². The Hall–Kier alpha value is -4.25. The number of ether oxygens (including phenoxy) is 1. The van der Waals surface area contributed by atoms with E-state index in [1.54, 1.807) is 20.8 Å². The molecule has 2 amide bonds. The number of esters is 1. The normalized spacial score (nSPS) is 14.2. The number of aromatic nitrogens is 2. The molecule has 2 heterocycles. The molecule has 3 aromatic rings. The van der Waals surface area contributed by atoms with E-state index in [1.165, 1.54) is 25.2 Å². The van der Waals surface area contributed by atoms with E-state index in [0.717, 1.165) is 21.9 Å². The molecular weight excluding hydrogens is 577 g/mol.